The van der Waals surface area contributed by atoms with Crippen molar-refractivity contribution in [2.75, 3.05) is 4.90 Å². The second kappa shape index (κ2) is 9.94. The average Bonchev–Trinajstić information content (AvgIpc) is 3.22. The van der Waals surface area contributed by atoms with E-state index in [4.69, 9.17) is 4.74 Å². The number of benzene rings is 2. The van der Waals surface area contributed by atoms with Crippen LogP contribution >= 0.6 is 11.3 Å². The number of esters is 1. The third-order valence-electron chi connectivity index (χ3n) is 4.24. The SMILES string of the molecule is CC(=O)N(c1nc(COC(=O)[C@H](C)NC(=O)c2ccccc2)cs1)c1ccccc1F. The largest absolute Gasteiger partial charge is 0.458 e. The molecule has 0 unspecified atom stereocenters. The van der Waals surface area contributed by atoms with Crippen LogP contribution in [0.4, 0.5) is 15.2 Å². The van der Waals surface area contributed by atoms with Crippen molar-refractivity contribution in [2.45, 2.75) is 26.5 Å². The molecule has 1 heterocycles. The molecule has 7 nitrogen and oxygen atoms in total. The van der Waals surface area contributed by atoms with E-state index in [1.807, 2.05) is 0 Å². The number of carbonyl (C=O) groups excluding carboxylic acids is 3. The molecular weight excluding hydrogens is 421 g/mol. The number of ether oxygens (including phenoxy) is 1. The molecule has 1 aromatic heterocycles. The molecule has 1 N–H and O–H groups in total. The molecule has 0 bridgehead atoms. The predicted molar refractivity (Wildman–Crippen MR) is 115 cm³/mol. The van der Waals surface area contributed by atoms with Gasteiger partial charge in [-0.1, -0.05) is 30.3 Å². The number of rotatable bonds is 7. The number of amides is 2. The van der Waals surface area contributed by atoms with E-state index in [-0.39, 0.29) is 23.3 Å². The summed E-state index contributed by atoms with van der Waals surface area (Å²) in [6, 6.07) is 13.5. The Hall–Kier alpha value is -3.59. The highest BCUT2D eigenvalue weighted by Crippen LogP contribution is 2.30. The highest BCUT2D eigenvalue weighted by atomic mass is 32.1. The summed E-state index contributed by atoms with van der Waals surface area (Å²) < 4.78 is 19.4. The topological polar surface area (TPSA) is 88.6 Å². The minimum atomic E-state index is -0.863. The van der Waals surface area contributed by atoms with Crippen LogP contribution < -0.4 is 10.2 Å². The molecule has 0 saturated carbocycles. The van der Waals surface area contributed by atoms with Crippen molar-refractivity contribution in [1.29, 1.82) is 0 Å². The highest BCUT2D eigenvalue weighted by molar-refractivity contribution is 7.14. The van der Waals surface area contributed by atoms with E-state index in [1.54, 1.807) is 41.8 Å². The molecule has 160 valence electrons. The van der Waals surface area contributed by atoms with Gasteiger partial charge in [0.15, 0.2) is 5.13 Å². The van der Waals surface area contributed by atoms with Gasteiger partial charge in [-0.25, -0.2) is 14.2 Å². The van der Waals surface area contributed by atoms with Gasteiger partial charge in [0.25, 0.3) is 5.91 Å². The van der Waals surface area contributed by atoms with Crippen molar-refractivity contribution >= 4 is 39.9 Å². The van der Waals surface area contributed by atoms with Crippen LogP contribution in [-0.2, 0) is 20.9 Å². The standard InChI is InChI=1S/C22H20FN3O4S/c1-14(24-20(28)16-8-4-3-5-9-16)21(29)30-12-17-13-31-22(25-17)26(15(2)27)19-11-7-6-10-18(19)23/h3-11,13-14H,12H2,1-2H3,(H,24,28)/t14-/m0/s1. The van der Waals surface area contributed by atoms with E-state index in [0.717, 1.165) is 16.2 Å². The maximum atomic E-state index is 14.1. The Morgan fingerprint density at radius 2 is 1.81 bits per heavy atom. The lowest BCUT2D eigenvalue weighted by atomic mass is 10.2. The van der Waals surface area contributed by atoms with Crippen molar-refractivity contribution in [3.8, 4) is 0 Å². The Bertz CT molecular complexity index is 1090. The molecule has 0 aliphatic rings. The van der Waals surface area contributed by atoms with Gasteiger partial charge < -0.3 is 10.1 Å². The van der Waals surface area contributed by atoms with Crippen LogP contribution in [0.5, 0.6) is 0 Å². The number of nitrogens with one attached hydrogen (secondary N) is 1. The summed E-state index contributed by atoms with van der Waals surface area (Å²) in [6.45, 7) is 2.68. The molecule has 0 fully saturated rings. The molecule has 0 spiro atoms. The molecule has 2 amide bonds. The number of thiazole rings is 1. The van der Waals surface area contributed by atoms with Gasteiger partial charge in [0.1, 0.15) is 18.5 Å². The maximum absolute atomic E-state index is 14.1. The minimum Gasteiger partial charge on any atom is -0.458 e. The van der Waals surface area contributed by atoms with Crippen LogP contribution in [0.15, 0.2) is 60.0 Å². The van der Waals surface area contributed by atoms with Crippen LogP contribution in [0.1, 0.15) is 29.9 Å². The molecule has 0 aliphatic carbocycles. The summed E-state index contributed by atoms with van der Waals surface area (Å²) >= 11 is 1.12. The Kier molecular flexibility index (Phi) is 7.09. The summed E-state index contributed by atoms with van der Waals surface area (Å²) in [6.07, 6.45) is 0. The first-order valence-corrected chi connectivity index (χ1v) is 10.3. The van der Waals surface area contributed by atoms with E-state index < -0.39 is 23.7 Å². The molecule has 3 aromatic rings. The van der Waals surface area contributed by atoms with Crippen LogP contribution in [0.2, 0.25) is 0 Å². The fourth-order valence-electron chi connectivity index (χ4n) is 2.70. The first-order valence-electron chi connectivity index (χ1n) is 9.39. The number of hydrogen-bond donors (Lipinski definition) is 1. The monoisotopic (exact) mass is 441 g/mol. The van der Waals surface area contributed by atoms with Gasteiger partial charge in [-0.3, -0.25) is 14.5 Å². The molecule has 0 radical (unpaired) electrons. The van der Waals surface area contributed by atoms with Gasteiger partial charge in [0.05, 0.1) is 11.4 Å². The first-order chi connectivity index (χ1) is 14.9. The molecule has 0 saturated heterocycles. The number of anilines is 2. The molecule has 1 atom stereocenters. The average molecular weight is 441 g/mol. The molecule has 2 aromatic carbocycles. The van der Waals surface area contributed by atoms with Crippen molar-refractivity contribution in [3.63, 3.8) is 0 Å². The number of para-hydroxylation sites is 1. The number of halogens is 1. The zero-order valence-electron chi connectivity index (χ0n) is 16.9. The third kappa shape index (κ3) is 5.52. The van der Waals surface area contributed by atoms with Crippen LogP contribution in [0.25, 0.3) is 0 Å². The molecule has 3 rings (SSSR count). The Balaban J connectivity index is 1.61. The highest BCUT2D eigenvalue weighted by Gasteiger charge is 2.22. The summed E-state index contributed by atoms with van der Waals surface area (Å²) in [5.74, 6) is -1.97. The summed E-state index contributed by atoms with van der Waals surface area (Å²) in [5.41, 5.74) is 0.923. The zero-order valence-corrected chi connectivity index (χ0v) is 17.7. The third-order valence-corrected chi connectivity index (χ3v) is 5.11. The lowest BCUT2D eigenvalue weighted by Gasteiger charge is -2.18. The second-order valence-corrected chi connectivity index (χ2v) is 7.43. The Morgan fingerprint density at radius 3 is 2.48 bits per heavy atom. The number of aromatic nitrogens is 1. The van der Waals surface area contributed by atoms with Gasteiger partial charge in [-0.15, -0.1) is 11.3 Å². The molecular formula is C22H20FN3O4S. The molecule has 0 aliphatic heterocycles. The number of carbonyl (C=O) groups is 3. The van der Waals surface area contributed by atoms with E-state index in [2.05, 4.69) is 10.3 Å². The predicted octanol–water partition coefficient (Wildman–Crippen LogP) is 3.83. The summed E-state index contributed by atoms with van der Waals surface area (Å²) in [7, 11) is 0. The van der Waals surface area contributed by atoms with Crippen molar-refractivity contribution < 1.29 is 23.5 Å². The van der Waals surface area contributed by atoms with Gasteiger partial charge >= 0.3 is 5.97 Å². The fourth-order valence-corrected chi connectivity index (χ4v) is 3.57. The lowest BCUT2D eigenvalue weighted by molar-refractivity contribution is -0.146. The minimum absolute atomic E-state index is 0.0881. The van der Waals surface area contributed by atoms with E-state index in [0.29, 0.717) is 11.3 Å². The van der Waals surface area contributed by atoms with E-state index in [1.165, 1.54) is 32.0 Å². The normalized spacial score (nSPS) is 11.5. The maximum Gasteiger partial charge on any atom is 0.328 e. The quantitative estimate of drug-likeness (QED) is 0.563. The van der Waals surface area contributed by atoms with Crippen molar-refractivity contribution in [3.05, 3.63) is 77.1 Å². The van der Waals surface area contributed by atoms with Crippen LogP contribution in [-0.4, -0.2) is 28.8 Å². The fraction of sp³-hybridized carbons (Fsp3) is 0.182. The first kappa shape index (κ1) is 22.1. The zero-order chi connectivity index (χ0) is 22.4. The van der Waals surface area contributed by atoms with E-state index in [9.17, 15) is 18.8 Å². The Labute approximate surface area is 182 Å². The van der Waals surface area contributed by atoms with Crippen molar-refractivity contribution in [1.82, 2.24) is 10.3 Å². The van der Waals surface area contributed by atoms with Crippen LogP contribution in [0, 0.1) is 5.82 Å². The molecule has 9 heteroatoms. The lowest BCUT2D eigenvalue weighted by Crippen LogP contribution is -2.39. The second-order valence-electron chi connectivity index (χ2n) is 6.60. The summed E-state index contributed by atoms with van der Waals surface area (Å²) in [4.78, 5) is 41.9. The smallest absolute Gasteiger partial charge is 0.328 e. The van der Waals surface area contributed by atoms with E-state index >= 15 is 0 Å². The van der Waals surface area contributed by atoms with Crippen molar-refractivity contribution in [2.24, 2.45) is 0 Å². The molecule has 31 heavy (non-hydrogen) atoms. The van der Waals surface area contributed by atoms with Gasteiger partial charge in [0, 0.05) is 17.9 Å². The number of nitrogens with zero attached hydrogens (tertiary/aromatic N) is 2. The van der Waals surface area contributed by atoms with Crippen LogP contribution in [0.3, 0.4) is 0 Å². The van der Waals surface area contributed by atoms with Gasteiger partial charge in [-0.2, -0.15) is 0 Å². The van der Waals surface area contributed by atoms with Gasteiger partial charge in [-0.05, 0) is 31.2 Å². The Morgan fingerprint density at radius 1 is 1.13 bits per heavy atom. The van der Waals surface area contributed by atoms with Gasteiger partial charge in [0.2, 0.25) is 5.91 Å². The number of hydrogen-bond acceptors (Lipinski definition) is 6. The summed E-state index contributed by atoms with van der Waals surface area (Å²) in [5, 5.41) is 4.45.